The van der Waals surface area contributed by atoms with E-state index in [1.165, 1.54) is 25.5 Å². The number of ether oxygens (including phenoxy) is 1. The largest absolute Gasteiger partial charge is 0.497 e. The van der Waals surface area contributed by atoms with E-state index in [0.717, 1.165) is 21.0 Å². The Kier molecular flexibility index (Phi) is 7.27. The van der Waals surface area contributed by atoms with Gasteiger partial charge in [0, 0.05) is 0 Å². The highest BCUT2D eigenvalue weighted by Gasteiger charge is 2.27. The molecule has 3 aromatic carbocycles. The molecule has 0 heterocycles. The number of methoxy groups -OCH3 is 1. The average Bonchev–Trinajstić information content (AvgIpc) is 2.79. The van der Waals surface area contributed by atoms with Gasteiger partial charge in [0.1, 0.15) is 12.3 Å². The van der Waals surface area contributed by atoms with E-state index in [2.05, 4.69) is 10.5 Å². The molecule has 1 N–H and O–H groups in total. The maximum atomic E-state index is 13.3. The number of nitrogens with one attached hydrogen (secondary N) is 1. The van der Waals surface area contributed by atoms with Crippen LogP contribution in [0.25, 0.3) is 0 Å². The van der Waals surface area contributed by atoms with Crippen LogP contribution in [0.5, 0.6) is 5.75 Å². The van der Waals surface area contributed by atoms with Crippen molar-refractivity contribution in [3.63, 3.8) is 0 Å². The Bertz CT molecular complexity index is 1190. The summed E-state index contributed by atoms with van der Waals surface area (Å²) < 4.78 is 32.9. The fourth-order valence-corrected chi connectivity index (χ4v) is 4.32. The first-order valence-electron chi connectivity index (χ1n) is 9.91. The molecule has 7 nitrogen and oxygen atoms in total. The second-order valence-electron chi connectivity index (χ2n) is 7.23. The smallest absolute Gasteiger partial charge is 0.264 e. The molecule has 0 bridgehead atoms. The highest BCUT2D eigenvalue weighted by atomic mass is 32.2. The van der Waals surface area contributed by atoms with Crippen molar-refractivity contribution in [2.45, 2.75) is 18.7 Å². The molecule has 0 saturated carbocycles. The van der Waals surface area contributed by atoms with E-state index in [-0.39, 0.29) is 4.90 Å². The molecule has 1 amide bonds. The van der Waals surface area contributed by atoms with E-state index >= 15 is 0 Å². The van der Waals surface area contributed by atoms with Crippen LogP contribution >= 0.6 is 0 Å². The van der Waals surface area contributed by atoms with Crippen molar-refractivity contribution in [1.82, 2.24) is 5.43 Å². The minimum atomic E-state index is -3.99. The number of amides is 1. The summed E-state index contributed by atoms with van der Waals surface area (Å²) in [5.74, 6) is 0.00782. The van der Waals surface area contributed by atoms with Gasteiger partial charge in [0.05, 0.1) is 23.9 Å². The molecule has 32 heavy (non-hydrogen) atoms. The predicted octanol–water partition coefficient (Wildman–Crippen LogP) is 3.66. The van der Waals surface area contributed by atoms with Crippen LogP contribution in [0.3, 0.4) is 0 Å². The molecule has 0 saturated heterocycles. The minimum Gasteiger partial charge on any atom is -0.497 e. The topological polar surface area (TPSA) is 88.1 Å². The molecule has 0 radical (unpaired) electrons. The van der Waals surface area contributed by atoms with Gasteiger partial charge in [0.25, 0.3) is 15.9 Å². The quantitative estimate of drug-likeness (QED) is 0.418. The van der Waals surface area contributed by atoms with E-state index in [1.807, 2.05) is 38.1 Å². The third kappa shape index (κ3) is 5.73. The first-order valence-corrected chi connectivity index (χ1v) is 11.4. The third-order valence-electron chi connectivity index (χ3n) is 4.74. The Labute approximate surface area is 188 Å². The number of hydrazone groups is 1. The van der Waals surface area contributed by atoms with E-state index in [9.17, 15) is 13.2 Å². The van der Waals surface area contributed by atoms with Gasteiger partial charge in [0.2, 0.25) is 0 Å². The van der Waals surface area contributed by atoms with E-state index in [0.29, 0.717) is 11.4 Å². The van der Waals surface area contributed by atoms with Gasteiger partial charge in [-0.25, -0.2) is 13.8 Å². The fraction of sp³-hybridized carbons (Fsp3) is 0.167. The Hall–Kier alpha value is -3.65. The lowest BCUT2D eigenvalue weighted by Crippen LogP contribution is -2.39. The zero-order valence-electron chi connectivity index (χ0n) is 18.1. The van der Waals surface area contributed by atoms with Crippen LogP contribution in [0.1, 0.15) is 16.7 Å². The van der Waals surface area contributed by atoms with Crippen LogP contribution in [-0.4, -0.2) is 34.2 Å². The van der Waals surface area contributed by atoms with E-state index in [1.54, 1.807) is 36.4 Å². The highest BCUT2D eigenvalue weighted by Crippen LogP contribution is 2.25. The molecule has 8 heteroatoms. The van der Waals surface area contributed by atoms with Crippen molar-refractivity contribution in [1.29, 1.82) is 0 Å². The predicted molar refractivity (Wildman–Crippen MR) is 126 cm³/mol. The summed E-state index contributed by atoms with van der Waals surface area (Å²) in [7, 11) is -2.46. The summed E-state index contributed by atoms with van der Waals surface area (Å²) in [5, 5.41) is 3.95. The Morgan fingerprint density at radius 3 is 2.06 bits per heavy atom. The van der Waals surface area contributed by atoms with Crippen molar-refractivity contribution >= 4 is 27.8 Å². The van der Waals surface area contributed by atoms with Crippen LogP contribution in [0.2, 0.25) is 0 Å². The van der Waals surface area contributed by atoms with Gasteiger partial charge in [0.15, 0.2) is 0 Å². The van der Waals surface area contributed by atoms with Crippen LogP contribution in [-0.2, 0) is 14.8 Å². The van der Waals surface area contributed by atoms with E-state index < -0.39 is 22.5 Å². The minimum absolute atomic E-state index is 0.0925. The highest BCUT2D eigenvalue weighted by molar-refractivity contribution is 7.92. The number of hydrogen-bond donors (Lipinski definition) is 1. The molecule has 0 aliphatic rings. The molecule has 0 fully saturated rings. The molecule has 0 spiro atoms. The van der Waals surface area contributed by atoms with Gasteiger partial charge in [-0.05, 0) is 55.8 Å². The molecule has 0 unspecified atom stereocenters. The third-order valence-corrected chi connectivity index (χ3v) is 6.52. The standard InChI is InChI=1S/C24H25N3O4S/c1-18-4-8-20(9-5-18)16-25-26-24(28)17-27(21-10-12-22(31-3)13-11-21)32(29,30)23-14-6-19(2)7-15-23/h4-16H,17H2,1-3H3,(H,26,28)/b25-16-. The van der Waals surface area contributed by atoms with Gasteiger partial charge in [-0.15, -0.1) is 0 Å². The maximum Gasteiger partial charge on any atom is 0.264 e. The Morgan fingerprint density at radius 1 is 0.938 bits per heavy atom. The molecular formula is C24H25N3O4S. The summed E-state index contributed by atoms with van der Waals surface area (Å²) in [5.41, 5.74) is 5.60. The average molecular weight is 452 g/mol. The number of anilines is 1. The summed E-state index contributed by atoms with van der Waals surface area (Å²) in [4.78, 5) is 12.7. The molecular weight excluding hydrogens is 426 g/mol. The fourth-order valence-electron chi connectivity index (χ4n) is 2.90. The van der Waals surface area contributed by atoms with Crippen LogP contribution in [0, 0.1) is 13.8 Å². The van der Waals surface area contributed by atoms with Crippen molar-refractivity contribution in [3.05, 3.63) is 89.5 Å². The SMILES string of the molecule is COc1ccc(N(CC(=O)N/N=C\c2ccc(C)cc2)S(=O)(=O)c2ccc(C)cc2)cc1. The van der Waals surface area contributed by atoms with E-state index in [4.69, 9.17) is 4.74 Å². The zero-order valence-corrected chi connectivity index (χ0v) is 19.0. The van der Waals surface area contributed by atoms with Gasteiger partial charge in [-0.2, -0.15) is 5.10 Å². The second-order valence-corrected chi connectivity index (χ2v) is 9.09. The number of benzene rings is 3. The number of nitrogens with zero attached hydrogens (tertiary/aromatic N) is 2. The number of rotatable bonds is 8. The lowest BCUT2D eigenvalue weighted by atomic mass is 10.2. The summed E-state index contributed by atoms with van der Waals surface area (Å²) in [6.45, 7) is 3.41. The van der Waals surface area contributed by atoms with Crippen molar-refractivity contribution in [3.8, 4) is 5.75 Å². The van der Waals surface area contributed by atoms with Gasteiger partial charge in [-0.3, -0.25) is 9.10 Å². The lowest BCUT2D eigenvalue weighted by Gasteiger charge is -2.24. The monoisotopic (exact) mass is 451 g/mol. The van der Waals surface area contributed by atoms with Crippen molar-refractivity contribution < 1.29 is 17.9 Å². The number of sulfonamides is 1. The number of aryl methyl sites for hydroxylation is 2. The van der Waals surface area contributed by atoms with Gasteiger partial charge < -0.3 is 4.74 Å². The number of carbonyl (C=O) groups excluding carboxylic acids is 1. The molecule has 166 valence electrons. The molecule has 3 aromatic rings. The molecule has 3 rings (SSSR count). The maximum absolute atomic E-state index is 13.3. The molecule has 0 atom stereocenters. The molecule has 0 aliphatic heterocycles. The summed E-state index contributed by atoms with van der Waals surface area (Å²) in [6.07, 6.45) is 1.50. The summed E-state index contributed by atoms with van der Waals surface area (Å²) in [6, 6.07) is 20.5. The van der Waals surface area contributed by atoms with Crippen molar-refractivity contribution in [2.24, 2.45) is 5.10 Å². The number of hydrogen-bond acceptors (Lipinski definition) is 5. The second kappa shape index (κ2) is 10.1. The van der Waals surface area contributed by atoms with Crippen LogP contribution < -0.4 is 14.5 Å². The number of carbonyl (C=O) groups is 1. The van der Waals surface area contributed by atoms with Crippen LogP contribution in [0.4, 0.5) is 5.69 Å². The zero-order chi connectivity index (χ0) is 23.1. The molecule has 0 aromatic heterocycles. The summed E-state index contributed by atoms with van der Waals surface area (Å²) >= 11 is 0. The Balaban J connectivity index is 1.83. The van der Waals surface area contributed by atoms with Gasteiger partial charge >= 0.3 is 0 Å². The Morgan fingerprint density at radius 2 is 1.50 bits per heavy atom. The van der Waals surface area contributed by atoms with Crippen molar-refractivity contribution in [2.75, 3.05) is 18.0 Å². The molecule has 0 aliphatic carbocycles. The van der Waals surface area contributed by atoms with Gasteiger partial charge in [-0.1, -0.05) is 47.5 Å². The normalized spacial score (nSPS) is 11.3. The lowest BCUT2D eigenvalue weighted by molar-refractivity contribution is -0.119. The van der Waals surface area contributed by atoms with Crippen LogP contribution in [0.15, 0.2) is 82.8 Å². The first-order chi connectivity index (χ1) is 15.3. The first kappa shape index (κ1) is 23.0.